The molecule has 2 aromatic carbocycles. The van der Waals surface area contributed by atoms with Gasteiger partial charge in [-0.25, -0.2) is 9.79 Å². The fourth-order valence-electron chi connectivity index (χ4n) is 2.47. The molecule has 0 saturated carbocycles. The number of carboxylic acids is 1. The number of carboxylic acid groups (broad SMARTS) is 1. The molecular weight excluding hydrogens is 451 g/mol. The third-order valence-electron chi connectivity index (χ3n) is 3.69. The Kier molecular flexibility index (Phi) is 7.25. The molecule has 0 aromatic heterocycles. The van der Waals surface area contributed by atoms with Crippen molar-refractivity contribution >= 4 is 63.8 Å². The van der Waals surface area contributed by atoms with Crippen LogP contribution in [-0.4, -0.2) is 35.4 Å². The van der Waals surface area contributed by atoms with Gasteiger partial charge in [0, 0.05) is 0 Å². The second kappa shape index (κ2) is 9.88. The molecule has 7 nitrogen and oxygen atoms in total. The van der Waals surface area contributed by atoms with Crippen LogP contribution >= 0.6 is 35.0 Å². The second-order valence-corrected chi connectivity index (χ2v) is 7.75. The van der Waals surface area contributed by atoms with E-state index in [1.807, 2.05) is 6.92 Å². The van der Waals surface area contributed by atoms with E-state index in [2.05, 4.69) is 10.3 Å². The van der Waals surface area contributed by atoms with Gasteiger partial charge >= 0.3 is 5.97 Å². The van der Waals surface area contributed by atoms with E-state index in [9.17, 15) is 9.59 Å². The number of nitrogens with zero attached hydrogens (tertiary/aromatic N) is 1. The highest BCUT2D eigenvalue weighted by atomic mass is 35.5. The largest absolute Gasteiger partial charge is 0.494 e. The summed E-state index contributed by atoms with van der Waals surface area (Å²) in [6, 6.07) is 10.3. The zero-order valence-electron chi connectivity index (χ0n) is 15.6. The van der Waals surface area contributed by atoms with Crippen molar-refractivity contribution in [2.24, 2.45) is 4.99 Å². The number of carbonyl (C=O) groups is 2. The fraction of sp³-hybridized carbons (Fsp3) is 0.150. The summed E-state index contributed by atoms with van der Waals surface area (Å²) in [6.07, 6.45) is 1.61. The maximum absolute atomic E-state index is 12.3. The highest BCUT2D eigenvalue weighted by molar-refractivity contribution is 8.18. The molecule has 156 valence electrons. The van der Waals surface area contributed by atoms with E-state index in [1.54, 1.807) is 30.3 Å². The van der Waals surface area contributed by atoms with Crippen LogP contribution in [0, 0.1) is 0 Å². The van der Waals surface area contributed by atoms with Gasteiger partial charge in [0.15, 0.2) is 17.5 Å². The summed E-state index contributed by atoms with van der Waals surface area (Å²) in [4.78, 5) is 27.8. The first kappa shape index (κ1) is 22.0. The van der Waals surface area contributed by atoms with E-state index in [1.165, 1.54) is 23.9 Å². The maximum Gasteiger partial charge on any atom is 0.341 e. The number of aliphatic carboxylic acids is 1. The first-order valence-electron chi connectivity index (χ1n) is 8.71. The van der Waals surface area contributed by atoms with Gasteiger partial charge in [0.1, 0.15) is 5.75 Å². The summed E-state index contributed by atoms with van der Waals surface area (Å²) in [6.45, 7) is 1.92. The number of ether oxygens (including phenoxy) is 2. The van der Waals surface area contributed by atoms with Gasteiger partial charge in [-0.1, -0.05) is 23.2 Å². The lowest BCUT2D eigenvalue weighted by Crippen LogP contribution is -2.19. The molecule has 1 aliphatic rings. The molecule has 0 spiro atoms. The molecule has 1 aliphatic heterocycles. The minimum atomic E-state index is -1.15. The second-order valence-electron chi connectivity index (χ2n) is 5.90. The van der Waals surface area contributed by atoms with Crippen molar-refractivity contribution in [1.82, 2.24) is 5.32 Å². The quantitative estimate of drug-likeness (QED) is 0.571. The highest BCUT2D eigenvalue weighted by Gasteiger charge is 2.24. The van der Waals surface area contributed by atoms with E-state index in [0.717, 1.165) is 5.75 Å². The van der Waals surface area contributed by atoms with Crippen LogP contribution in [0.2, 0.25) is 10.0 Å². The molecule has 0 bridgehead atoms. The Labute approximate surface area is 186 Å². The van der Waals surface area contributed by atoms with Gasteiger partial charge in [-0.2, -0.15) is 0 Å². The molecule has 2 N–H and O–H groups in total. The summed E-state index contributed by atoms with van der Waals surface area (Å²) in [5.41, 5.74) is 1.24. The van der Waals surface area contributed by atoms with Crippen molar-refractivity contribution in [2.45, 2.75) is 6.92 Å². The molecule has 0 aliphatic carbocycles. The van der Waals surface area contributed by atoms with Crippen molar-refractivity contribution in [3.05, 3.63) is 56.9 Å². The van der Waals surface area contributed by atoms with Gasteiger partial charge in [0.2, 0.25) is 0 Å². The predicted octanol–water partition coefficient (Wildman–Crippen LogP) is 4.75. The van der Waals surface area contributed by atoms with Gasteiger partial charge < -0.3 is 19.9 Å². The Morgan fingerprint density at radius 2 is 1.87 bits per heavy atom. The lowest BCUT2D eigenvalue weighted by Gasteiger charge is -2.09. The number of nitrogens with one attached hydrogen (secondary N) is 1. The molecule has 1 fully saturated rings. The molecule has 30 heavy (non-hydrogen) atoms. The van der Waals surface area contributed by atoms with Crippen LogP contribution in [0.5, 0.6) is 11.5 Å². The molecule has 1 saturated heterocycles. The number of amidine groups is 1. The van der Waals surface area contributed by atoms with Crippen molar-refractivity contribution < 1.29 is 24.2 Å². The predicted molar refractivity (Wildman–Crippen MR) is 118 cm³/mol. The molecule has 0 atom stereocenters. The van der Waals surface area contributed by atoms with Gasteiger partial charge in [-0.05, 0) is 66.7 Å². The van der Waals surface area contributed by atoms with Crippen LogP contribution in [-0.2, 0) is 9.59 Å². The monoisotopic (exact) mass is 466 g/mol. The maximum atomic E-state index is 12.3. The zero-order valence-corrected chi connectivity index (χ0v) is 18.0. The van der Waals surface area contributed by atoms with E-state index in [4.69, 9.17) is 37.8 Å². The Morgan fingerprint density at radius 1 is 1.20 bits per heavy atom. The molecule has 0 radical (unpaired) electrons. The summed E-state index contributed by atoms with van der Waals surface area (Å²) in [5.74, 6) is -0.631. The van der Waals surface area contributed by atoms with E-state index >= 15 is 0 Å². The lowest BCUT2D eigenvalue weighted by atomic mass is 10.2. The van der Waals surface area contributed by atoms with Crippen LogP contribution < -0.4 is 14.8 Å². The minimum Gasteiger partial charge on any atom is -0.494 e. The van der Waals surface area contributed by atoms with Crippen LogP contribution in [0.25, 0.3) is 6.08 Å². The number of halogens is 2. The fourth-order valence-corrected chi connectivity index (χ4v) is 3.92. The number of thioether (sulfide) groups is 1. The SMILES string of the molecule is CCOc1ccc(N=C2NC(=O)/C(=C\c3cc(Cl)c(OCC(=O)O)c(Cl)c3)S2)cc1. The average molecular weight is 467 g/mol. The van der Waals surface area contributed by atoms with Gasteiger partial charge in [0.25, 0.3) is 5.91 Å². The topological polar surface area (TPSA) is 97.2 Å². The summed E-state index contributed by atoms with van der Waals surface area (Å²) in [5, 5.41) is 12.1. The van der Waals surface area contributed by atoms with Crippen molar-refractivity contribution in [2.75, 3.05) is 13.2 Å². The Bertz CT molecular complexity index is 1010. The number of benzene rings is 2. The van der Waals surface area contributed by atoms with Gasteiger partial charge in [-0.3, -0.25) is 4.79 Å². The molecule has 1 heterocycles. The molecule has 0 unspecified atom stereocenters. The summed E-state index contributed by atoms with van der Waals surface area (Å²) >= 11 is 13.5. The number of aliphatic imine (C=N–C) groups is 1. The number of hydrogen-bond acceptors (Lipinski definition) is 6. The van der Waals surface area contributed by atoms with Crippen LogP contribution in [0.15, 0.2) is 46.3 Å². The van der Waals surface area contributed by atoms with Gasteiger partial charge in [-0.15, -0.1) is 0 Å². The number of amides is 1. The van der Waals surface area contributed by atoms with E-state index in [-0.39, 0.29) is 21.7 Å². The molecule has 10 heteroatoms. The Balaban J connectivity index is 1.76. The summed E-state index contributed by atoms with van der Waals surface area (Å²) < 4.78 is 10.5. The number of rotatable bonds is 7. The van der Waals surface area contributed by atoms with Crippen LogP contribution in [0.1, 0.15) is 12.5 Å². The first-order chi connectivity index (χ1) is 14.4. The lowest BCUT2D eigenvalue weighted by molar-refractivity contribution is -0.139. The Hall–Kier alpha value is -2.68. The smallest absolute Gasteiger partial charge is 0.341 e. The zero-order chi connectivity index (χ0) is 21.7. The van der Waals surface area contributed by atoms with Crippen molar-refractivity contribution in [3.63, 3.8) is 0 Å². The number of hydrogen-bond donors (Lipinski definition) is 2. The molecule has 2 aromatic rings. The highest BCUT2D eigenvalue weighted by Crippen LogP contribution is 2.36. The summed E-state index contributed by atoms with van der Waals surface area (Å²) in [7, 11) is 0. The Morgan fingerprint density at radius 3 is 2.47 bits per heavy atom. The van der Waals surface area contributed by atoms with Gasteiger partial charge in [0.05, 0.1) is 27.2 Å². The minimum absolute atomic E-state index is 0.0733. The van der Waals surface area contributed by atoms with E-state index < -0.39 is 12.6 Å². The average Bonchev–Trinajstić information content (AvgIpc) is 3.01. The molecule has 3 rings (SSSR count). The first-order valence-corrected chi connectivity index (χ1v) is 10.3. The number of carbonyl (C=O) groups excluding carboxylic acids is 1. The molecule has 1 amide bonds. The normalized spacial score (nSPS) is 16.0. The molecular formula is C20H16Cl2N2O5S. The van der Waals surface area contributed by atoms with Crippen LogP contribution in [0.3, 0.4) is 0 Å². The van der Waals surface area contributed by atoms with E-state index in [0.29, 0.717) is 27.9 Å². The third kappa shape index (κ3) is 5.69. The standard InChI is InChI=1S/C20H16Cl2N2O5S/c1-2-28-13-5-3-12(4-6-13)23-20-24-19(27)16(30-20)9-11-7-14(21)18(15(22)8-11)29-10-17(25)26/h3-9H,2,10H2,1H3,(H,25,26)(H,23,24,27)/b16-9+. The third-order valence-corrected chi connectivity index (χ3v) is 5.16. The van der Waals surface area contributed by atoms with Crippen molar-refractivity contribution in [3.8, 4) is 11.5 Å². The van der Waals surface area contributed by atoms with Crippen LogP contribution in [0.4, 0.5) is 5.69 Å². The van der Waals surface area contributed by atoms with Crippen molar-refractivity contribution in [1.29, 1.82) is 0 Å².